The molecule has 12 heavy (non-hydrogen) atoms. The Morgan fingerprint density at radius 3 is 3.08 bits per heavy atom. The standard InChI is InChI=1S/C9H10BrNO/c10-9-3-8(4-11-5-9)7-1-2-12-6-7/h3-5,7H,1-2,6H2. The maximum Gasteiger partial charge on any atom is 0.0536 e. The smallest absolute Gasteiger partial charge is 0.0536 e. The van der Waals surface area contributed by atoms with Crippen molar-refractivity contribution in [2.24, 2.45) is 0 Å². The van der Waals surface area contributed by atoms with Gasteiger partial charge in [0.1, 0.15) is 0 Å². The summed E-state index contributed by atoms with van der Waals surface area (Å²) in [5, 5.41) is 0. The minimum atomic E-state index is 0.551. The van der Waals surface area contributed by atoms with Crippen molar-refractivity contribution < 1.29 is 4.74 Å². The van der Waals surface area contributed by atoms with Crippen molar-refractivity contribution in [3.8, 4) is 0 Å². The third kappa shape index (κ3) is 1.67. The van der Waals surface area contributed by atoms with Gasteiger partial charge < -0.3 is 4.74 Å². The van der Waals surface area contributed by atoms with Crippen molar-refractivity contribution in [1.29, 1.82) is 0 Å². The molecule has 1 atom stereocenters. The van der Waals surface area contributed by atoms with Crippen molar-refractivity contribution in [3.63, 3.8) is 0 Å². The molecule has 0 amide bonds. The molecule has 64 valence electrons. The SMILES string of the molecule is Brc1cncc(C2CCOC2)c1. The van der Waals surface area contributed by atoms with E-state index < -0.39 is 0 Å². The average molecular weight is 228 g/mol. The third-order valence-corrected chi connectivity index (χ3v) is 2.56. The van der Waals surface area contributed by atoms with Gasteiger partial charge in [-0.25, -0.2) is 0 Å². The zero-order chi connectivity index (χ0) is 8.39. The first kappa shape index (κ1) is 8.20. The van der Waals surface area contributed by atoms with Crippen molar-refractivity contribution in [2.75, 3.05) is 13.2 Å². The molecule has 1 aromatic heterocycles. The van der Waals surface area contributed by atoms with E-state index in [0.717, 1.165) is 24.1 Å². The van der Waals surface area contributed by atoms with E-state index in [9.17, 15) is 0 Å². The molecule has 0 N–H and O–H groups in total. The molecule has 1 saturated heterocycles. The quantitative estimate of drug-likeness (QED) is 0.735. The molecule has 2 rings (SSSR count). The normalized spacial score (nSPS) is 22.9. The predicted octanol–water partition coefficient (Wildman–Crippen LogP) is 2.35. The number of rotatable bonds is 1. The largest absolute Gasteiger partial charge is 0.381 e. The molecule has 2 heterocycles. The van der Waals surface area contributed by atoms with E-state index in [2.05, 4.69) is 27.0 Å². The Kier molecular flexibility index (Phi) is 2.42. The summed E-state index contributed by atoms with van der Waals surface area (Å²) >= 11 is 3.41. The number of halogens is 1. The number of pyridine rings is 1. The second kappa shape index (κ2) is 3.54. The Balaban J connectivity index is 2.21. The molecule has 0 aliphatic carbocycles. The summed E-state index contributed by atoms with van der Waals surface area (Å²) in [7, 11) is 0. The first-order valence-electron chi connectivity index (χ1n) is 4.04. The fraction of sp³-hybridized carbons (Fsp3) is 0.444. The van der Waals surface area contributed by atoms with Crippen LogP contribution in [-0.4, -0.2) is 18.2 Å². The number of nitrogens with zero attached hydrogens (tertiary/aromatic N) is 1. The van der Waals surface area contributed by atoms with Crippen LogP contribution in [0.4, 0.5) is 0 Å². The van der Waals surface area contributed by atoms with Crippen molar-refractivity contribution in [3.05, 3.63) is 28.5 Å². The molecule has 3 heteroatoms. The maximum absolute atomic E-state index is 5.31. The fourth-order valence-corrected chi connectivity index (χ4v) is 1.83. The zero-order valence-electron chi connectivity index (χ0n) is 6.66. The lowest BCUT2D eigenvalue weighted by Gasteiger charge is -2.06. The van der Waals surface area contributed by atoms with Crippen LogP contribution < -0.4 is 0 Å². The van der Waals surface area contributed by atoms with E-state index in [4.69, 9.17) is 4.74 Å². The van der Waals surface area contributed by atoms with Gasteiger partial charge in [0.2, 0.25) is 0 Å². The second-order valence-corrected chi connectivity index (χ2v) is 3.91. The minimum Gasteiger partial charge on any atom is -0.381 e. The Labute approximate surface area is 80.1 Å². The van der Waals surface area contributed by atoms with Gasteiger partial charge in [-0.1, -0.05) is 0 Å². The highest BCUT2D eigenvalue weighted by Crippen LogP contribution is 2.25. The van der Waals surface area contributed by atoms with Gasteiger partial charge in [0.05, 0.1) is 6.61 Å². The lowest BCUT2D eigenvalue weighted by molar-refractivity contribution is 0.194. The highest BCUT2D eigenvalue weighted by Gasteiger charge is 2.17. The summed E-state index contributed by atoms with van der Waals surface area (Å²) in [4.78, 5) is 4.13. The van der Waals surface area contributed by atoms with Gasteiger partial charge in [-0.3, -0.25) is 4.98 Å². The summed E-state index contributed by atoms with van der Waals surface area (Å²) in [5.41, 5.74) is 1.28. The van der Waals surface area contributed by atoms with Crippen LogP contribution in [0.5, 0.6) is 0 Å². The second-order valence-electron chi connectivity index (χ2n) is 3.00. The molecule has 1 fully saturated rings. The van der Waals surface area contributed by atoms with Gasteiger partial charge in [0.25, 0.3) is 0 Å². The fourth-order valence-electron chi connectivity index (χ4n) is 1.45. The summed E-state index contributed by atoms with van der Waals surface area (Å²) in [5.74, 6) is 0.551. The Bertz CT molecular complexity index is 271. The first-order valence-corrected chi connectivity index (χ1v) is 4.84. The minimum absolute atomic E-state index is 0.551. The Morgan fingerprint density at radius 1 is 1.50 bits per heavy atom. The van der Waals surface area contributed by atoms with Gasteiger partial charge in [0.15, 0.2) is 0 Å². The Hall–Kier alpha value is -0.410. The molecule has 1 aliphatic heterocycles. The third-order valence-electron chi connectivity index (χ3n) is 2.13. The van der Waals surface area contributed by atoms with Crippen LogP contribution >= 0.6 is 15.9 Å². The zero-order valence-corrected chi connectivity index (χ0v) is 8.25. The van der Waals surface area contributed by atoms with E-state index in [1.807, 2.05) is 6.20 Å². The van der Waals surface area contributed by atoms with Crippen LogP contribution in [0, 0.1) is 0 Å². The van der Waals surface area contributed by atoms with Crippen LogP contribution in [-0.2, 0) is 4.74 Å². The van der Waals surface area contributed by atoms with E-state index in [0.29, 0.717) is 5.92 Å². The molecule has 0 spiro atoms. The van der Waals surface area contributed by atoms with Gasteiger partial charge in [0, 0.05) is 29.4 Å². The predicted molar refractivity (Wildman–Crippen MR) is 50.1 cm³/mol. The van der Waals surface area contributed by atoms with Crippen molar-refractivity contribution in [2.45, 2.75) is 12.3 Å². The lowest BCUT2D eigenvalue weighted by Crippen LogP contribution is -1.97. The van der Waals surface area contributed by atoms with Crippen LogP contribution in [0.15, 0.2) is 22.9 Å². The number of aromatic nitrogens is 1. The number of hydrogen-bond donors (Lipinski definition) is 0. The lowest BCUT2D eigenvalue weighted by atomic mass is 10.0. The highest BCUT2D eigenvalue weighted by molar-refractivity contribution is 9.10. The average Bonchev–Trinajstić information content (AvgIpc) is 2.56. The maximum atomic E-state index is 5.31. The van der Waals surface area contributed by atoms with E-state index in [-0.39, 0.29) is 0 Å². The molecule has 1 aromatic rings. The van der Waals surface area contributed by atoms with Crippen LogP contribution in [0.2, 0.25) is 0 Å². The van der Waals surface area contributed by atoms with Crippen molar-refractivity contribution >= 4 is 15.9 Å². The van der Waals surface area contributed by atoms with E-state index in [1.165, 1.54) is 5.56 Å². The Morgan fingerprint density at radius 2 is 2.42 bits per heavy atom. The monoisotopic (exact) mass is 227 g/mol. The van der Waals surface area contributed by atoms with E-state index in [1.54, 1.807) is 6.20 Å². The molecule has 0 radical (unpaired) electrons. The molecular formula is C9H10BrNO. The molecular weight excluding hydrogens is 218 g/mol. The number of ether oxygens (including phenoxy) is 1. The molecule has 0 bridgehead atoms. The topological polar surface area (TPSA) is 22.1 Å². The van der Waals surface area contributed by atoms with Crippen LogP contribution in [0.25, 0.3) is 0 Å². The van der Waals surface area contributed by atoms with Gasteiger partial charge >= 0.3 is 0 Å². The highest BCUT2D eigenvalue weighted by atomic mass is 79.9. The molecule has 1 unspecified atom stereocenters. The van der Waals surface area contributed by atoms with Gasteiger partial charge in [-0.2, -0.15) is 0 Å². The first-order chi connectivity index (χ1) is 5.86. The van der Waals surface area contributed by atoms with Crippen molar-refractivity contribution in [1.82, 2.24) is 4.98 Å². The summed E-state index contributed by atoms with van der Waals surface area (Å²) in [6.45, 7) is 1.73. The molecule has 0 saturated carbocycles. The van der Waals surface area contributed by atoms with Crippen LogP contribution in [0.3, 0.4) is 0 Å². The molecule has 1 aliphatic rings. The number of hydrogen-bond acceptors (Lipinski definition) is 2. The summed E-state index contributed by atoms with van der Waals surface area (Å²) < 4.78 is 6.36. The van der Waals surface area contributed by atoms with Gasteiger partial charge in [-0.15, -0.1) is 0 Å². The molecule has 2 nitrogen and oxygen atoms in total. The van der Waals surface area contributed by atoms with Gasteiger partial charge in [-0.05, 0) is 34.0 Å². The van der Waals surface area contributed by atoms with E-state index >= 15 is 0 Å². The molecule has 0 aromatic carbocycles. The van der Waals surface area contributed by atoms with Crippen LogP contribution in [0.1, 0.15) is 17.9 Å². The summed E-state index contributed by atoms with van der Waals surface area (Å²) in [6.07, 6.45) is 4.85. The summed E-state index contributed by atoms with van der Waals surface area (Å²) in [6, 6.07) is 2.12.